The van der Waals surface area contributed by atoms with E-state index >= 15 is 0 Å². The van der Waals surface area contributed by atoms with Crippen LogP contribution < -0.4 is 0 Å². The zero-order valence-corrected chi connectivity index (χ0v) is 12.4. The van der Waals surface area contributed by atoms with Crippen LogP contribution in [0.4, 0.5) is 0 Å². The highest BCUT2D eigenvalue weighted by atomic mass is 35.5. The van der Waals surface area contributed by atoms with E-state index in [9.17, 15) is 4.79 Å². The quantitative estimate of drug-likeness (QED) is 0.862. The Hall–Kier alpha value is -0.880. The van der Waals surface area contributed by atoms with E-state index in [0.29, 0.717) is 25.3 Å². The lowest BCUT2D eigenvalue weighted by Gasteiger charge is -2.31. The first-order chi connectivity index (χ1) is 9.61. The van der Waals surface area contributed by atoms with Gasteiger partial charge < -0.3 is 14.7 Å². The van der Waals surface area contributed by atoms with Crippen molar-refractivity contribution in [2.24, 2.45) is 0 Å². The van der Waals surface area contributed by atoms with Crippen molar-refractivity contribution in [2.75, 3.05) is 26.3 Å². The van der Waals surface area contributed by atoms with Gasteiger partial charge in [0.15, 0.2) is 0 Å². The second-order valence-electron chi connectivity index (χ2n) is 4.58. The molecule has 1 N–H and O–H groups in total. The molecular formula is C13H16Cl2N2O3. The van der Waals surface area contributed by atoms with Gasteiger partial charge in [0, 0.05) is 19.3 Å². The largest absolute Gasteiger partial charge is 0.394 e. The van der Waals surface area contributed by atoms with E-state index in [2.05, 4.69) is 4.98 Å². The van der Waals surface area contributed by atoms with Crippen molar-refractivity contribution in [1.29, 1.82) is 0 Å². The lowest BCUT2D eigenvalue weighted by molar-refractivity contribution is -0.00554. The lowest BCUT2D eigenvalue weighted by atomic mass is 10.1. The molecule has 2 rings (SSSR count). The van der Waals surface area contributed by atoms with Crippen molar-refractivity contribution in [2.45, 2.75) is 18.9 Å². The third kappa shape index (κ3) is 3.82. The van der Waals surface area contributed by atoms with E-state index in [4.69, 9.17) is 33.0 Å². The number of likely N-dealkylation sites (tertiary alicyclic amines) is 1. The van der Waals surface area contributed by atoms with Crippen LogP contribution in [0, 0.1) is 0 Å². The molecule has 1 aliphatic heterocycles. The van der Waals surface area contributed by atoms with Crippen LogP contribution >= 0.6 is 23.2 Å². The number of hydrogen-bond donors (Lipinski definition) is 1. The summed E-state index contributed by atoms with van der Waals surface area (Å²) in [5.74, 6) is -0.100. The van der Waals surface area contributed by atoms with Crippen molar-refractivity contribution in [3.05, 3.63) is 28.0 Å². The molecule has 0 bridgehead atoms. The molecule has 2 heterocycles. The fourth-order valence-corrected chi connectivity index (χ4v) is 2.44. The van der Waals surface area contributed by atoms with E-state index < -0.39 is 0 Å². The summed E-state index contributed by atoms with van der Waals surface area (Å²) in [6.07, 6.45) is 3.07. The maximum absolute atomic E-state index is 12.3. The Morgan fingerprint density at radius 3 is 2.75 bits per heavy atom. The fourth-order valence-electron chi connectivity index (χ4n) is 2.17. The number of halogens is 2. The smallest absolute Gasteiger partial charge is 0.255 e. The number of piperidine rings is 1. The number of pyridine rings is 1. The molecule has 0 saturated carbocycles. The number of hydrogen-bond acceptors (Lipinski definition) is 4. The van der Waals surface area contributed by atoms with E-state index in [-0.39, 0.29) is 28.8 Å². The first kappa shape index (κ1) is 15.5. The minimum absolute atomic E-state index is 0.0219. The molecule has 20 heavy (non-hydrogen) atoms. The number of carbonyl (C=O) groups excluding carboxylic acids is 1. The van der Waals surface area contributed by atoms with Crippen LogP contribution in [-0.4, -0.2) is 53.3 Å². The number of amides is 1. The number of ether oxygens (including phenoxy) is 1. The molecule has 5 nitrogen and oxygen atoms in total. The summed E-state index contributed by atoms with van der Waals surface area (Å²) < 4.78 is 5.46. The van der Waals surface area contributed by atoms with Crippen LogP contribution in [0.1, 0.15) is 23.2 Å². The maximum atomic E-state index is 12.3. The SMILES string of the molecule is O=C(c1cnc(Cl)c(Cl)c1)N1CCC(OCCO)CC1. The summed E-state index contributed by atoms with van der Waals surface area (Å²) in [6.45, 7) is 1.60. The van der Waals surface area contributed by atoms with Gasteiger partial charge in [0.2, 0.25) is 0 Å². The molecule has 1 amide bonds. The highest BCUT2D eigenvalue weighted by Gasteiger charge is 2.24. The topological polar surface area (TPSA) is 62.7 Å². The zero-order chi connectivity index (χ0) is 14.5. The predicted molar refractivity (Wildman–Crippen MR) is 76.2 cm³/mol. The van der Waals surface area contributed by atoms with Gasteiger partial charge in [-0.25, -0.2) is 4.98 Å². The molecule has 0 aliphatic carbocycles. The van der Waals surface area contributed by atoms with Crippen LogP contribution in [0.25, 0.3) is 0 Å². The minimum atomic E-state index is -0.100. The number of aliphatic hydroxyl groups is 1. The molecule has 110 valence electrons. The van der Waals surface area contributed by atoms with Gasteiger partial charge in [-0.05, 0) is 18.9 Å². The standard InChI is InChI=1S/C13H16Cl2N2O3/c14-11-7-9(8-16-12(11)15)13(19)17-3-1-10(2-4-17)20-6-5-18/h7-8,10,18H,1-6H2. The average molecular weight is 319 g/mol. The molecule has 1 aromatic rings. The molecule has 1 fully saturated rings. The Labute approximate surface area is 127 Å². The molecule has 1 aliphatic rings. The highest BCUT2D eigenvalue weighted by molar-refractivity contribution is 6.41. The Bertz CT molecular complexity index is 477. The van der Waals surface area contributed by atoms with E-state index in [1.807, 2.05) is 0 Å². The van der Waals surface area contributed by atoms with Gasteiger partial charge in [-0.2, -0.15) is 0 Å². The van der Waals surface area contributed by atoms with Gasteiger partial charge >= 0.3 is 0 Å². The lowest BCUT2D eigenvalue weighted by Crippen LogP contribution is -2.41. The van der Waals surface area contributed by atoms with Crippen LogP contribution in [0.15, 0.2) is 12.3 Å². The molecule has 0 unspecified atom stereocenters. The summed E-state index contributed by atoms with van der Waals surface area (Å²) >= 11 is 11.6. The Morgan fingerprint density at radius 1 is 1.45 bits per heavy atom. The Kier molecular flexibility index (Phi) is 5.60. The fraction of sp³-hybridized carbons (Fsp3) is 0.538. The summed E-state index contributed by atoms with van der Waals surface area (Å²) in [7, 11) is 0. The average Bonchev–Trinajstić information content (AvgIpc) is 2.48. The van der Waals surface area contributed by atoms with Crippen LogP contribution in [0.2, 0.25) is 10.2 Å². The van der Waals surface area contributed by atoms with Gasteiger partial charge in [-0.3, -0.25) is 4.79 Å². The summed E-state index contributed by atoms with van der Waals surface area (Å²) in [4.78, 5) is 17.9. The van der Waals surface area contributed by atoms with Crippen LogP contribution in [0.5, 0.6) is 0 Å². The van der Waals surface area contributed by atoms with Gasteiger partial charge in [-0.15, -0.1) is 0 Å². The summed E-state index contributed by atoms with van der Waals surface area (Å²) in [5, 5.41) is 9.18. The predicted octanol–water partition coefficient (Wildman–Crippen LogP) is 2.00. The molecule has 0 radical (unpaired) electrons. The molecule has 0 aromatic carbocycles. The molecule has 0 atom stereocenters. The highest BCUT2D eigenvalue weighted by Crippen LogP contribution is 2.22. The number of aliphatic hydroxyl groups excluding tert-OH is 1. The van der Waals surface area contributed by atoms with Crippen molar-refractivity contribution in [1.82, 2.24) is 9.88 Å². The molecule has 1 saturated heterocycles. The maximum Gasteiger partial charge on any atom is 0.255 e. The van der Waals surface area contributed by atoms with Crippen molar-refractivity contribution in [3.63, 3.8) is 0 Å². The van der Waals surface area contributed by atoms with Crippen LogP contribution in [0.3, 0.4) is 0 Å². The van der Waals surface area contributed by atoms with Gasteiger partial charge in [0.1, 0.15) is 5.15 Å². The number of aromatic nitrogens is 1. The molecule has 1 aromatic heterocycles. The third-order valence-electron chi connectivity index (χ3n) is 3.22. The zero-order valence-electron chi connectivity index (χ0n) is 10.9. The van der Waals surface area contributed by atoms with Gasteiger partial charge in [0.25, 0.3) is 5.91 Å². The van der Waals surface area contributed by atoms with Crippen LogP contribution in [-0.2, 0) is 4.74 Å². The molecule has 7 heteroatoms. The molecule has 0 spiro atoms. The molecular weight excluding hydrogens is 303 g/mol. The number of rotatable bonds is 4. The number of nitrogens with zero attached hydrogens (tertiary/aromatic N) is 2. The van der Waals surface area contributed by atoms with E-state index in [1.54, 1.807) is 4.90 Å². The first-order valence-corrected chi connectivity index (χ1v) is 7.20. The minimum Gasteiger partial charge on any atom is -0.394 e. The van der Waals surface area contributed by atoms with Gasteiger partial charge in [0.05, 0.1) is 29.9 Å². The Balaban J connectivity index is 1.92. The van der Waals surface area contributed by atoms with Crippen molar-refractivity contribution in [3.8, 4) is 0 Å². The monoisotopic (exact) mass is 318 g/mol. The van der Waals surface area contributed by atoms with Gasteiger partial charge in [-0.1, -0.05) is 23.2 Å². The second kappa shape index (κ2) is 7.22. The normalized spacial score (nSPS) is 16.4. The Morgan fingerprint density at radius 2 is 2.15 bits per heavy atom. The summed E-state index contributed by atoms with van der Waals surface area (Å²) in [5.41, 5.74) is 0.439. The number of carbonyl (C=O) groups is 1. The summed E-state index contributed by atoms with van der Waals surface area (Å²) in [6, 6.07) is 1.54. The van der Waals surface area contributed by atoms with Crippen molar-refractivity contribution >= 4 is 29.1 Å². The van der Waals surface area contributed by atoms with E-state index in [1.165, 1.54) is 12.3 Å². The third-order valence-corrected chi connectivity index (χ3v) is 3.90. The van der Waals surface area contributed by atoms with Crippen molar-refractivity contribution < 1.29 is 14.6 Å². The first-order valence-electron chi connectivity index (χ1n) is 6.44. The van der Waals surface area contributed by atoms with E-state index in [0.717, 1.165) is 12.8 Å². The second-order valence-corrected chi connectivity index (χ2v) is 5.35.